The molecule has 0 spiro atoms. The quantitative estimate of drug-likeness (QED) is 0.703. The van der Waals surface area contributed by atoms with Crippen LogP contribution in [-0.4, -0.2) is 39.8 Å². The predicted molar refractivity (Wildman–Crippen MR) is 101 cm³/mol. The number of thiazole rings is 1. The second-order valence-electron chi connectivity index (χ2n) is 7.39. The third-order valence-electron chi connectivity index (χ3n) is 5.18. The van der Waals surface area contributed by atoms with E-state index in [1.54, 1.807) is 6.92 Å². The number of hydrogen-bond acceptors (Lipinski definition) is 5. The highest BCUT2D eigenvalue weighted by molar-refractivity contribution is 7.15. The smallest absolute Gasteiger partial charge is 0.323 e. The Morgan fingerprint density at radius 1 is 1.38 bits per heavy atom. The molecule has 2 aromatic rings. The third-order valence-corrected chi connectivity index (χ3v) is 6.09. The van der Waals surface area contributed by atoms with E-state index in [-0.39, 0.29) is 17.5 Å². The van der Waals surface area contributed by atoms with Crippen molar-refractivity contribution in [1.82, 2.24) is 15.2 Å². The molecule has 1 aromatic heterocycles. The van der Waals surface area contributed by atoms with Crippen LogP contribution < -0.4 is 10.6 Å². The average molecular weight is 420 g/mol. The van der Waals surface area contributed by atoms with Crippen LogP contribution in [0.25, 0.3) is 0 Å². The fourth-order valence-electron chi connectivity index (χ4n) is 3.40. The van der Waals surface area contributed by atoms with Crippen LogP contribution in [-0.2, 0) is 16.0 Å². The summed E-state index contributed by atoms with van der Waals surface area (Å²) in [4.78, 5) is 42.6. The highest BCUT2D eigenvalue weighted by atomic mass is 32.1. The molecule has 2 fully saturated rings. The van der Waals surface area contributed by atoms with Crippen molar-refractivity contribution in [3.8, 4) is 0 Å². The van der Waals surface area contributed by atoms with Crippen molar-refractivity contribution in [3.63, 3.8) is 0 Å². The molecule has 1 unspecified atom stereocenters. The maximum Gasteiger partial charge on any atom is 0.325 e. The van der Waals surface area contributed by atoms with Crippen LogP contribution in [0.1, 0.15) is 30.2 Å². The van der Waals surface area contributed by atoms with Crippen molar-refractivity contribution in [2.75, 3.05) is 11.9 Å². The summed E-state index contributed by atoms with van der Waals surface area (Å²) in [6.07, 6.45) is 3.44. The Balaban J connectivity index is 1.37. The van der Waals surface area contributed by atoms with E-state index in [0.717, 1.165) is 35.1 Å². The molecule has 2 aliphatic rings. The van der Waals surface area contributed by atoms with Gasteiger partial charge in [-0.25, -0.2) is 18.6 Å². The Morgan fingerprint density at radius 2 is 2.14 bits per heavy atom. The zero-order valence-corrected chi connectivity index (χ0v) is 16.3. The van der Waals surface area contributed by atoms with Gasteiger partial charge in [0.05, 0.1) is 0 Å². The maximum absolute atomic E-state index is 13.8. The van der Waals surface area contributed by atoms with E-state index >= 15 is 0 Å². The summed E-state index contributed by atoms with van der Waals surface area (Å²) >= 11 is 1.14. The molecule has 10 heteroatoms. The molecule has 1 aliphatic heterocycles. The van der Waals surface area contributed by atoms with Crippen LogP contribution >= 0.6 is 11.3 Å². The summed E-state index contributed by atoms with van der Waals surface area (Å²) in [6.45, 7) is 1.28. The summed E-state index contributed by atoms with van der Waals surface area (Å²) < 4.78 is 26.8. The molecular weight excluding hydrogens is 402 g/mol. The number of anilines is 1. The number of carbonyl (C=O) groups excluding carboxylic acids is 3. The van der Waals surface area contributed by atoms with Crippen molar-refractivity contribution in [1.29, 1.82) is 0 Å². The molecule has 1 saturated carbocycles. The van der Waals surface area contributed by atoms with Gasteiger partial charge < -0.3 is 10.6 Å². The van der Waals surface area contributed by atoms with Crippen molar-refractivity contribution >= 4 is 34.3 Å². The monoisotopic (exact) mass is 420 g/mol. The molecule has 7 nitrogen and oxygen atoms in total. The summed E-state index contributed by atoms with van der Waals surface area (Å²) in [5.41, 5.74) is -0.628. The van der Waals surface area contributed by atoms with Gasteiger partial charge >= 0.3 is 6.03 Å². The van der Waals surface area contributed by atoms with Crippen molar-refractivity contribution in [3.05, 3.63) is 46.5 Å². The van der Waals surface area contributed by atoms with Crippen LogP contribution in [0.15, 0.2) is 24.4 Å². The van der Waals surface area contributed by atoms with Gasteiger partial charge in [-0.3, -0.25) is 14.5 Å². The first kappa shape index (κ1) is 19.4. The van der Waals surface area contributed by atoms with Crippen molar-refractivity contribution in [2.45, 2.75) is 31.7 Å². The van der Waals surface area contributed by atoms with Gasteiger partial charge in [0.25, 0.3) is 5.91 Å². The van der Waals surface area contributed by atoms with Crippen molar-refractivity contribution < 1.29 is 23.2 Å². The largest absolute Gasteiger partial charge is 0.325 e. The number of nitrogens with zero attached hydrogens (tertiary/aromatic N) is 2. The predicted octanol–water partition coefficient (Wildman–Crippen LogP) is 2.67. The van der Waals surface area contributed by atoms with Crippen LogP contribution in [0.4, 0.5) is 18.7 Å². The molecule has 2 N–H and O–H groups in total. The normalized spacial score (nSPS) is 21.4. The molecule has 2 heterocycles. The zero-order chi connectivity index (χ0) is 20.8. The summed E-state index contributed by atoms with van der Waals surface area (Å²) in [6, 6.07) is 2.77. The molecule has 1 atom stereocenters. The summed E-state index contributed by atoms with van der Waals surface area (Å²) in [7, 11) is 0. The van der Waals surface area contributed by atoms with Gasteiger partial charge in [-0.1, -0.05) is 6.07 Å². The van der Waals surface area contributed by atoms with Crippen LogP contribution in [0.2, 0.25) is 0 Å². The van der Waals surface area contributed by atoms with E-state index in [1.165, 1.54) is 18.3 Å². The van der Waals surface area contributed by atoms with Gasteiger partial charge in [-0.2, -0.15) is 0 Å². The first-order valence-electron chi connectivity index (χ1n) is 9.09. The minimum Gasteiger partial charge on any atom is -0.323 e. The second-order valence-corrected chi connectivity index (χ2v) is 8.51. The van der Waals surface area contributed by atoms with E-state index in [4.69, 9.17) is 0 Å². The Kier molecular flexibility index (Phi) is 4.81. The molecule has 4 amide bonds. The minimum absolute atomic E-state index is 0.111. The minimum atomic E-state index is -0.940. The number of imide groups is 1. The van der Waals surface area contributed by atoms with Gasteiger partial charge in [0, 0.05) is 23.6 Å². The first-order valence-corrected chi connectivity index (χ1v) is 9.90. The number of halogens is 2. The maximum atomic E-state index is 13.8. The highest BCUT2D eigenvalue weighted by Crippen LogP contribution is 2.42. The third kappa shape index (κ3) is 3.84. The Hall–Kier alpha value is -2.88. The number of amides is 4. The Labute approximate surface area is 169 Å². The van der Waals surface area contributed by atoms with Crippen LogP contribution in [0.3, 0.4) is 0 Å². The molecular formula is C19H18F2N4O3S. The van der Waals surface area contributed by atoms with Gasteiger partial charge in [0.1, 0.15) is 23.7 Å². The lowest BCUT2D eigenvalue weighted by molar-refractivity contribution is -0.134. The highest BCUT2D eigenvalue weighted by Gasteiger charge is 2.56. The lowest BCUT2D eigenvalue weighted by Gasteiger charge is -2.20. The first-order chi connectivity index (χ1) is 13.8. The molecule has 152 valence electrons. The van der Waals surface area contributed by atoms with E-state index in [2.05, 4.69) is 15.6 Å². The fourth-order valence-corrected chi connectivity index (χ4v) is 4.25. The lowest BCUT2D eigenvalue weighted by atomic mass is 9.96. The fraction of sp³-hybridized carbons (Fsp3) is 0.368. The number of nitrogens with one attached hydrogen (secondary N) is 2. The molecule has 4 rings (SSSR count). The number of carbonyl (C=O) groups is 3. The topological polar surface area (TPSA) is 91.4 Å². The van der Waals surface area contributed by atoms with E-state index in [1.807, 2.05) is 0 Å². The van der Waals surface area contributed by atoms with Gasteiger partial charge in [-0.15, -0.1) is 11.3 Å². The molecule has 1 aliphatic carbocycles. The van der Waals surface area contributed by atoms with Gasteiger partial charge in [-0.05, 0) is 37.3 Å². The standard InChI is InChI=1S/C19H18F2N4O3S/c1-19(11-3-4-11)16(27)25(18(28)24-19)9-15(26)23-17-22-8-13(29-17)6-10-2-5-12(20)7-14(10)21/h2,5,7-8,11H,3-4,6,9H2,1H3,(H,24,28)(H,22,23,26). The van der Waals surface area contributed by atoms with Gasteiger partial charge in [0.2, 0.25) is 5.91 Å². The number of urea groups is 1. The summed E-state index contributed by atoms with van der Waals surface area (Å²) in [5, 5.41) is 5.51. The summed E-state index contributed by atoms with van der Waals surface area (Å²) in [5.74, 6) is -2.14. The zero-order valence-electron chi connectivity index (χ0n) is 15.5. The molecule has 1 saturated heterocycles. The Morgan fingerprint density at radius 3 is 2.83 bits per heavy atom. The van der Waals surface area contributed by atoms with E-state index in [9.17, 15) is 23.2 Å². The Bertz CT molecular complexity index is 1010. The van der Waals surface area contributed by atoms with Crippen LogP contribution in [0, 0.1) is 17.6 Å². The van der Waals surface area contributed by atoms with E-state index in [0.29, 0.717) is 10.4 Å². The molecule has 29 heavy (non-hydrogen) atoms. The SMILES string of the molecule is CC1(C2CC2)NC(=O)N(CC(=O)Nc2ncc(Cc3ccc(F)cc3F)s2)C1=O. The molecule has 0 bridgehead atoms. The van der Waals surface area contributed by atoms with Gasteiger partial charge in [0.15, 0.2) is 5.13 Å². The lowest BCUT2D eigenvalue weighted by Crippen LogP contribution is -2.46. The van der Waals surface area contributed by atoms with E-state index < -0.39 is 41.6 Å². The number of rotatable bonds is 6. The number of hydrogen-bond donors (Lipinski definition) is 2. The average Bonchev–Trinajstić information content (AvgIpc) is 3.39. The van der Waals surface area contributed by atoms with Crippen LogP contribution in [0.5, 0.6) is 0 Å². The number of aromatic nitrogens is 1. The molecule has 0 radical (unpaired) electrons. The molecule has 1 aromatic carbocycles. The van der Waals surface area contributed by atoms with Crippen molar-refractivity contribution in [2.24, 2.45) is 5.92 Å². The second kappa shape index (κ2) is 7.18. The number of benzene rings is 1.